The van der Waals surface area contributed by atoms with Gasteiger partial charge in [-0.2, -0.15) is 5.10 Å². The summed E-state index contributed by atoms with van der Waals surface area (Å²) in [5.41, 5.74) is 6.92. The van der Waals surface area contributed by atoms with Gasteiger partial charge >= 0.3 is 0 Å². The van der Waals surface area contributed by atoms with E-state index in [2.05, 4.69) is 10.1 Å². The second kappa shape index (κ2) is 4.16. The van der Waals surface area contributed by atoms with Gasteiger partial charge in [0.05, 0.1) is 29.2 Å². The molecule has 3 rings (SSSR count). The van der Waals surface area contributed by atoms with E-state index in [0.29, 0.717) is 22.2 Å². The second-order valence-electron chi connectivity index (χ2n) is 4.02. The number of carbonyl (C=O) groups is 1. The number of rotatable bonds is 2. The Balaban J connectivity index is 2.24. The van der Waals surface area contributed by atoms with Crippen molar-refractivity contribution in [1.29, 1.82) is 0 Å². The first-order chi connectivity index (χ1) is 9.16. The number of hydrogen-bond donors (Lipinski definition) is 1. The summed E-state index contributed by atoms with van der Waals surface area (Å²) in [7, 11) is 0. The first-order valence-corrected chi connectivity index (χ1v) is 5.54. The number of hydrogen-bond acceptors (Lipinski definition) is 3. The third-order valence-electron chi connectivity index (χ3n) is 2.83. The summed E-state index contributed by atoms with van der Waals surface area (Å²) in [4.78, 5) is 15.3. The van der Waals surface area contributed by atoms with Crippen LogP contribution in [0.15, 0.2) is 42.9 Å². The van der Waals surface area contributed by atoms with E-state index in [1.165, 1.54) is 18.3 Å². The van der Waals surface area contributed by atoms with Crippen LogP contribution in [0.1, 0.15) is 10.4 Å². The topological polar surface area (TPSA) is 73.8 Å². The van der Waals surface area contributed by atoms with Crippen molar-refractivity contribution in [3.8, 4) is 5.69 Å². The minimum Gasteiger partial charge on any atom is -0.366 e. The molecule has 0 atom stereocenters. The summed E-state index contributed by atoms with van der Waals surface area (Å²) in [6, 6.07) is 5.87. The summed E-state index contributed by atoms with van der Waals surface area (Å²) < 4.78 is 14.5. The van der Waals surface area contributed by atoms with Crippen LogP contribution >= 0.6 is 0 Å². The van der Waals surface area contributed by atoms with E-state index in [9.17, 15) is 9.18 Å². The number of halogens is 1. The molecule has 2 heterocycles. The molecular weight excluding hydrogens is 247 g/mol. The molecule has 1 amide bonds. The number of fused-ring (bicyclic) bond motifs is 1. The Labute approximate surface area is 107 Å². The molecular formula is C13H9FN4O. The Kier molecular flexibility index (Phi) is 2.49. The van der Waals surface area contributed by atoms with Gasteiger partial charge in [0, 0.05) is 11.6 Å². The van der Waals surface area contributed by atoms with E-state index in [1.807, 2.05) is 0 Å². The maximum absolute atomic E-state index is 12.9. The molecule has 2 aromatic heterocycles. The van der Waals surface area contributed by atoms with Crippen LogP contribution in [0.25, 0.3) is 16.6 Å². The number of carbonyl (C=O) groups excluding carboxylic acids is 1. The molecule has 3 aromatic rings. The molecule has 0 aliphatic heterocycles. The van der Waals surface area contributed by atoms with Gasteiger partial charge in [-0.3, -0.25) is 9.78 Å². The van der Waals surface area contributed by atoms with Gasteiger partial charge in [0.15, 0.2) is 0 Å². The highest BCUT2D eigenvalue weighted by Gasteiger charge is 2.12. The van der Waals surface area contributed by atoms with E-state index in [0.717, 1.165) is 0 Å². The Bertz CT molecular complexity index is 764. The van der Waals surface area contributed by atoms with Gasteiger partial charge in [-0.05, 0) is 24.3 Å². The zero-order valence-corrected chi connectivity index (χ0v) is 9.75. The fourth-order valence-electron chi connectivity index (χ4n) is 1.93. The van der Waals surface area contributed by atoms with Gasteiger partial charge in [-0.1, -0.05) is 0 Å². The molecule has 0 spiro atoms. The quantitative estimate of drug-likeness (QED) is 0.757. The summed E-state index contributed by atoms with van der Waals surface area (Å²) >= 11 is 0. The van der Waals surface area contributed by atoms with Crippen molar-refractivity contribution in [2.24, 2.45) is 5.73 Å². The lowest BCUT2D eigenvalue weighted by Gasteiger charge is -2.03. The normalized spacial score (nSPS) is 10.8. The summed E-state index contributed by atoms with van der Waals surface area (Å²) in [6.07, 6.45) is 4.53. The smallest absolute Gasteiger partial charge is 0.251 e. The van der Waals surface area contributed by atoms with Crippen LogP contribution in [-0.4, -0.2) is 20.7 Å². The summed E-state index contributed by atoms with van der Waals surface area (Å²) in [5.74, 6) is -0.882. The van der Waals surface area contributed by atoms with Gasteiger partial charge in [-0.25, -0.2) is 9.07 Å². The average molecular weight is 256 g/mol. The van der Waals surface area contributed by atoms with E-state index < -0.39 is 5.91 Å². The molecule has 94 valence electrons. The molecule has 0 unspecified atom stereocenters. The lowest BCUT2D eigenvalue weighted by atomic mass is 10.2. The molecule has 0 bridgehead atoms. The van der Waals surface area contributed by atoms with Crippen LogP contribution in [0, 0.1) is 5.82 Å². The molecule has 6 heteroatoms. The zero-order chi connectivity index (χ0) is 13.4. The van der Waals surface area contributed by atoms with Crippen LogP contribution < -0.4 is 5.73 Å². The Hall–Kier alpha value is -2.76. The van der Waals surface area contributed by atoms with Crippen LogP contribution in [0.4, 0.5) is 4.39 Å². The van der Waals surface area contributed by atoms with Crippen molar-refractivity contribution in [3.63, 3.8) is 0 Å². The third-order valence-corrected chi connectivity index (χ3v) is 2.83. The third kappa shape index (κ3) is 1.83. The van der Waals surface area contributed by atoms with Crippen LogP contribution in [0.2, 0.25) is 0 Å². The first kappa shape index (κ1) is 11.3. The highest BCUT2D eigenvalue weighted by Crippen LogP contribution is 2.20. The van der Waals surface area contributed by atoms with Crippen molar-refractivity contribution in [2.75, 3.05) is 0 Å². The van der Waals surface area contributed by atoms with E-state index in [-0.39, 0.29) is 5.82 Å². The Morgan fingerprint density at radius 1 is 1.16 bits per heavy atom. The lowest BCUT2D eigenvalue weighted by Crippen LogP contribution is -2.11. The second-order valence-corrected chi connectivity index (χ2v) is 4.02. The molecule has 19 heavy (non-hydrogen) atoms. The molecule has 0 fully saturated rings. The number of pyridine rings is 1. The summed E-state index contributed by atoms with van der Waals surface area (Å²) in [5, 5.41) is 4.80. The maximum atomic E-state index is 12.9. The standard InChI is InChI=1S/C13H9FN4O/c14-8-1-3-9(4-2-8)18-12-7-16-5-11(13(15)19)10(12)6-17-18/h1-7H,(H2,15,19). The molecule has 0 saturated heterocycles. The van der Waals surface area contributed by atoms with Crippen molar-refractivity contribution in [2.45, 2.75) is 0 Å². The van der Waals surface area contributed by atoms with Gasteiger partial charge in [-0.15, -0.1) is 0 Å². The van der Waals surface area contributed by atoms with Crippen molar-refractivity contribution >= 4 is 16.8 Å². The molecule has 0 aliphatic rings. The minimum atomic E-state index is -0.559. The van der Waals surface area contributed by atoms with E-state index in [1.54, 1.807) is 29.2 Å². The lowest BCUT2D eigenvalue weighted by molar-refractivity contribution is 0.100. The van der Waals surface area contributed by atoms with Crippen molar-refractivity contribution in [1.82, 2.24) is 14.8 Å². The van der Waals surface area contributed by atoms with Crippen LogP contribution in [-0.2, 0) is 0 Å². The van der Waals surface area contributed by atoms with Gasteiger partial charge in [0.2, 0.25) is 0 Å². The molecule has 0 aliphatic carbocycles. The van der Waals surface area contributed by atoms with Crippen molar-refractivity contribution < 1.29 is 9.18 Å². The Morgan fingerprint density at radius 2 is 1.89 bits per heavy atom. The number of nitrogens with two attached hydrogens (primary N) is 1. The first-order valence-electron chi connectivity index (χ1n) is 5.54. The van der Waals surface area contributed by atoms with Crippen molar-refractivity contribution in [3.05, 3.63) is 54.2 Å². The largest absolute Gasteiger partial charge is 0.366 e. The number of amides is 1. The highest BCUT2D eigenvalue weighted by molar-refractivity contribution is 6.05. The molecule has 1 aromatic carbocycles. The van der Waals surface area contributed by atoms with E-state index in [4.69, 9.17) is 5.73 Å². The van der Waals surface area contributed by atoms with Gasteiger partial charge in [0.25, 0.3) is 5.91 Å². The molecule has 0 radical (unpaired) electrons. The zero-order valence-electron chi connectivity index (χ0n) is 9.75. The minimum absolute atomic E-state index is 0.311. The fourth-order valence-corrected chi connectivity index (χ4v) is 1.93. The summed E-state index contributed by atoms with van der Waals surface area (Å²) in [6.45, 7) is 0. The predicted molar refractivity (Wildman–Crippen MR) is 67.3 cm³/mol. The maximum Gasteiger partial charge on any atom is 0.251 e. The number of nitrogens with zero attached hydrogens (tertiary/aromatic N) is 3. The molecule has 2 N–H and O–H groups in total. The molecule has 0 saturated carbocycles. The van der Waals surface area contributed by atoms with Crippen LogP contribution in [0.5, 0.6) is 0 Å². The number of primary amides is 1. The fraction of sp³-hybridized carbons (Fsp3) is 0. The Morgan fingerprint density at radius 3 is 2.58 bits per heavy atom. The van der Waals surface area contributed by atoms with Crippen LogP contribution in [0.3, 0.4) is 0 Å². The average Bonchev–Trinajstić information content (AvgIpc) is 2.83. The number of benzene rings is 1. The van der Waals surface area contributed by atoms with Gasteiger partial charge in [0.1, 0.15) is 5.82 Å². The van der Waals surface area contributed by atoms with Gasteiger partial charge < -0.3 is 5.73 Å². The van der Waals surface area contributed by atoms with E-state index >= 15 is 0 Å². The molecule has 5 nitrogen and oxygen atoms in total. The number of aromatic nitrogens is 3. The highest BCUT2D eigenvalue weighted by atomic mass is 19.1. The SMILES string of the molecule is NC(=O)c1cncc2c1cnn2-c1ccc(F)cc1. The monoisotopic (exact) mass is 256 g/mol. The predicted octanol–water partition coefficient (Wildman–Crippen LogP) is 1.66.